The first kappa shape index (κ1) is 26.5. The molecule has 1 unspecified atom stereocenters. The maximum atomic E-state index is 15.0. The molecule has 2 N–H and O–H groups in total. The van der Waals surface area contributed by atoms with Crippen molar-refractivity contribution in [3.05, 3.63) is 35.6 Å². The Morgan fingerprint density at radius 2 is 1.95 bits per heavy atom. The van der Waals surface area contributed by atoms with Crippen LogP contribution in [0.15, 0.2) is 24.3 Å². The molecule has 2 aliphatic heterocycles. The Morgan fingerprint density at radius 3 is 2.63 bits per heavy atom. The normalized spacial score (nSPS) is 22.8. The molecule has 9 nitrogen and oxygen atoms in total. The lowest BCUT2D eigenvalue weighted by Gasteiger charge is -2.52. The number of anilines is 2. The third-order valence-corrected chi connectivity index (χ3v) is 7.31. The fourth-order valence-corrected chi connectivity index (χ4v) is 5.02. The minimum absolute atomic E-state index is 0.0113. The summed E-state index contributed by atoms with van der Waals surface area (Å²) in [6.45, 7) is 3.87. The number of hydrogen-bond donors (Lipinski definition) is 2. The van der Waals surface area contributed by atoms with Crippen LogP contribution >= 0.6 is 0 Å². The Morgan fingerprint density at radius 1 is 1.16 bits per heavy atom. The number of amides is 2. The van der Waals surface area contributed by atoms with E-state index in [4.69, 9.17) is 14.2 Å². The van der Waals surface area contributed by atoms with Crippen molar-refractivity contribution >= 4 is 17.5 Å². The number of aliphatic hydroxyl groups excluding tert-OH is 1. The van der Waals surface area contributed by atoms with E-state index in [9.17, 15) is 23.1 Å². The zero-order valence-corrected chi connectivity index (χ0v) is 21.1. The first-order valence-corrected chi connectivity index (χ1v) is 12.7. The summed E-state index contributed by atoms with van der Waals surface area (Å²) in [5.74, 6) is -2.69. The number of urea groups is 1. The van der Waals surface area contributed by atoms with Crippen molar-refractivity contribution in [2.75, 3.05) is 69.4 Å². The fourth-order valence-electron chi connectivity index (χ4n) is 5.02. The van der Waals surface area contributed by atoms with Gasteiger partial charge in [-0.2, -0.15) is 4.98 Å². The van der Waals surface area contributed by atoms with Crippen molar-refractivity contribution in [3.8, 4) is 17.0 Å². The third-order valence-electron chi connectivity index (χ3n) is 7.31. The third kappa shape index (κ3) is 5.12. The predicted octanol–water partition coefficient (Wildman–Crippen LogP) is 3.44. The van der Waals surface area contributed by atoms with Gasteiger partial charge in [0.05, 0.1) is 38.7 Å². The summed E-state index contributed by atoms with van der Waals surface area (Å²) < 4.78 is 59.8. The number of alkyl halides is 2. The van der Waals surface area contributed by atoms with Crippen molar-refractivity contribution in [3.63, 3.8) is 0 Å². The van der Waals surface area contributed by atoms with E-state index in [0.717, 1.165) is 0 Å². The number of carbonyl (C=O) groups excluding carboxylic acids is 1. The summed E-state index contributed by atoms with van der Waals surface area (Å²) in [7, 11) is 0. The van der Waals surface area contributed by atoms with Crippen LogP contribution in [0.4, 0.5) is 29.5 Å². The van der Waals surface area contributed by atoms with Crippen LogP contribution in [0.5, 0.6) is 5.88 Å². The molecular weight excluding hydrogens is 505 g/mol. The molecule has 1 atom stereocenters. The molecule has 1 aliphatic carbocycles. The smallest absolute Gasteiger partial charge is 0.322 e. The maximum Gasteiger partial charge on any atom is 0.322 e. The van der Waals surface area contributed by atoms with Gasteiger partial charge in [0.2, 0.25) is 5.88 Å². The molecule has 0 radical (unpaired) electrons. The molecule has 12 heteroatoms. The van der Waals surface area contributed by atoms with E-state index >= 15 is 0 Å². The standard InChI is InChI=1S/C26H31F3N4O5/c1-17-12-20(27)21(30-24(35)33-6-10-38-25(16-33)2-3-26(25,28)29)15-19(17)18-13-22(32-4-8-36-9-5-32)31-23(14-18)37-11-7-34/h12-15,34H,2-11,16H2,1H3,(H,30,35). The molecule has 1 spiro atoms. The summed E-state index contributed by atoms with van der Waals surface area (Å²) in [4.78, 5) is 20.8. The number of nitrogens with zero attached hydrogens (tertiary/aromatic N) is 3. The Bertz CT molecular complexity index is 1190. The topological polar surface area (TPSA) is 96.4 Å². The number of aromatic nitrogens is 1. The van der Waals surface area contributed by atoms with E-state index < -0.39 is 23.4 Å². The number of morpholine rings is 2. The van der Waals surface area contributed by atoms with Crippen LogP contribution in [0, 0.1) is 12.7 Å². The highest BCUT2D eigenvalue weighted by molar-refractivity contribution is 5.91. The van der Waals surface area contributed by atoms with Gasteiger partial charge in [0, 0.05) is 32.1 Å². The number of aryl methyl sites for hydroxylation is 1. The first-order valence-electron chi connectivity index (χ1n) is 12.7. The molecule has 3 aliphatic rings. The molecular formula is C26H31F3N4O5. The number of halogens is 3. The SMILES string of the molecule is Cc1cc(F)c(NC(=O)N2CCOC3(CCC3(F)F)C2)cc1-c1cc(OCCO)nc(N2CCOCC2)c1. The van der Waals surface area contributed by atoms with Crippen LogP contribution in [-0.2, 0) is 9.47 Å². The zero-order valence-electron chi connectivity index (χ0n) is 21.1. The van der Waals surface area contributed by atoms with Gasteiger partial charge < -0.3 is 34.4 Å². The number of rotatable bonds is 6. The Labute approximate surface area is 218 Å². The van der Waals surface area contributed by atoms with Gasteiger partial charge in [-0.1, -0.05) is 0 Å². The van der Waals surface area contributed by atoms with Crippen molar-refractivity contribution < 1.29 is 37.3 Å². The second kappa shape index (κ2) is 10.6. The highest BCUT2D eigenvalue weighted by Crippen LogP contribution is 2.51. The average molecular weight is 537 g/mol. The number of ether oxygens (including phenoxy) is 3. The van der Waals surface area contributed by atoms with E-state index in [1.54, 1.807) is 13.0 Å². The van der Waals surface area contributed by atoms with Crippen molar-refractivity contribution in [2.45, 2.75) is 31.3 Å². The van der Waals surface area contributed by atoms with Gasteiger partial charge >= 0.3 is 6.03 Å². The van der Waals surface area contributed by atoms with Gasteiger partial charge in [0.1, 0.15) is 23.8 Å². The minimum Gasteiger partial charge on any atom is -0.475 e. The van der Waals surface area contributed by atoms with Crippen LogP contribution in [0.25, 0.3) is 11.1 Å². The number of aliphatic hydroxyl groups is 1. The molecule has 0 bridgehead atoms. The highest BCUT2D eigenvalue weighted by atomic mass is 19.3. The lowest BCUT2D eigenvalue weighted by Crippen LogP contribution is -2.68. The van der Waals surface area contributed by atoms with Gasteiger partial charge in [0.25, 0.3) is 5.92 Å². The molecule has 206 valence electrons. The van der Waals surface area contributed by atoms with Crippen molar-refractivity contribution in [1.29, 1.82) is 0 Å². The molecule has 2 aromatic rings. The fraction of sp³-hybridized carbons (Fsp3) is 0.538. The van der Waals surface area contributed by atoms with Gasteiger partial charge in [0.15, 0.2) is 0 Å². The molecule has 1 saturated carbocycles. The Hall–Kier alpha value is -3.09. The van der Waals surface area contributed by atoms with Crippen LogP contribution in [0.3, 0.4) is 0 Å². The second-order valence-electron chi connectivity index (χ2n) is 9.77. The lowest BCUT2D eigenvalue weighted by atomic mass is 9.74. The summed E-state index contributed by atoms with van der Waals surface area (Å²) >= 11 is 0. The Kier molecular flexibility index (Phi) is 7.38. The van der Waals surface area contributed by atoms with Gasteiger partial charge in [-0.05, 0) is 48.2 Å². The second-order valence-corrected chi connectivity index (χ2v) is 9.77. The quantitative estimate of drug-likeness (QED) is 0.584. The van der Waals surface area contributed by atoms with Crippen LogP contribution in [0.2, 0.25) is 0 Å². The van der Waals surface area contributed by atoms with E-state index in [2.05, 4.69) is 10.3 Å². The van der Waals surface area contributed by atoms with E-state index in [-0.39, 0.29) is 51.4 Å². The largest absolute Gasteiger partial charge is 0.475 e. The molecule has 2 saturated heterocycles. The lowest BCUT2D eigenvalue weighted by molar-refractivity contribution is -0.288. The van der Waals surface area contributed by atoms with Crippen LogP contribution in [0.1, 0.15) is 18.4 Å². The number of hydrogen-bond acceptors (Lipinski definition) is 7. The molecule has 2 amide bonds. The van der Waals surface area contributed by atoms with E-state index in [1.807, 2.05) is 11.0 Å². The Balaban J connectivity index is 1.41. The maximum absolute atomic E-state index is 15.0. The number of carbonyl (C=O) groups is 1. The first-order chi connectivity index (χ1) is 18.2. The van der Waals surface area contributed by atoms with Crippen molar-refractivity contribution in [2.24, 2.45) is 0 Å². The molecule has 5 rings (SSSR count). The van der Waals surface area contributed by atoms with Gasteiger partial charge in [-0.25, -0.2) is 18.0 Å². The highest BCUT2D eigenvalue weighted by Gasteiger charge is 2.64. The summed E-state index contributed by atoms with van der Waals surface area (Å²) in [5, 5.41) is 11.8. The summed E-state index contributed by atoms with van der Waals surface area (Å²) in [5.41, 5.74) is 0.196. The molecule has 1 aromatic carbocycles. The van der Waals surface area contributed by atoms with Crippen molar-refractivity contribution in [1.82, 2.24) is 9.88 Å². The summed E-state index contributed by atoms with van der Waals surface area (Å²) in [6.07, 6.45) is -0.109. The average Bonchev–Trinajstić information content (AvgIpc) is 2.93. The van der Waals surface area contributed by atoms with E-state index in [0.29, 0.717) is 54.7 Å². The zero-order chi connectivity index (χ0) is 26.9. The molecule has 3 heterocycles. The number of benzene rings is 1. The van der Waals surface area contributed by atoms with Crippen LogP contribution in [-0.4, -0.2) is 91.8 Å². The van der Waals surface area contributed by atoms with Crippen LogP contribution < -0.4 is 15.0 Å². The molecule has 38 heavy (non-hydrogen) atoms. The molecule has 1 aromatic heterocycles. The monoisotopic (exact) mass is 536 g/mol. The number of pyridine rings is 1. The van der Waals surface area contributed by atoms with Gasteiger partial charge in [-0.3, -0.25) is 0 Å². The minimum atomic E-state index is -3.00. The molecule has 3 fully saturated rings. The van der Waals surface area contributed by atoms with E-state index in [1.165, 1.54) is 17.0 Å². The predicted molar refractivity (Wildman–Crippen MR) is 133 cm³/mol. The number of nitrogens with one attached hydrogen (secondary N) is 1. The van der Waals surface area contributed by atoms with Gasteiger partial charge in [-0.15, -0.1) is 0 Å². The summed E-state index contributed by atoms with van der Waals surface area (Å²) in [6, 6.07) is 5.71.